The van der Waals surface area contributed by atoms with Crippen LogP contribution in [0.2, 0.25) is 5.02 Å². The zero-order valence-corrected chi connectivity index (χ0v) is 14.8. The molecule has 2 amide bonds. The number of anilines is 2. The molecule has 0 aliphatic heterocycles. The molecule has 0 saturated heterocycles. The summed E-state index contributed by atoms with van der Waals surface area (Å²) in [5.74, 6) is 0.531. The fourth-order valence-electron chi connectivity index (χ4n) is 2.04. The van der Waals surface area contributed by atoms with Crippen molar-refractivity contribution in [3.05, 3.63) is 53.1 Å². The molecule has 0 aliphatic rings. The molecule has 0 saturated carbocycles. The smallest absolute Gasteiger partial charge is 0.323 e. The Morgan fingerprint density at radius 1 is 1.20 bits per heavy atom. The van der Waals surface area contributed by atoms with Crippen molar-refractivity contribution in [3.8, 4) is 5.75 Å². The van der Waals surface area contributed by atoms with E-state index in [9.17, 15) is 9.59 Å². The summed E-state index contributed by atoms with van der Waals surface area (Å²) in [6, 6.07) is 11.2. The monoisotopic (exact) mass is 361 g/mol. The van der Waals surface area contributed by atoms with Gasteiger partial charge in [0.1, 0.15) is 18.6 Å². The Bertz CT molecular complexity index is 750. The summed E-state index contributed by atoms with van der Waals surface area (Å²) in [5.41, 5.74) is 1.46. The summed E-state index contributed by atoms with van der Waals surface area (Å²) in [5, 5.41) is 5.87. The van der Waals surface area contributed by atoms with E-state index < -0.39 is 6.03 Å². The van der Waals surface area contributed by atoms with Crippen LogP contribution < -0.4 is 15.4 Å². The van der Waals surface area contributed by atoms with Gasteiger partial charge < -0.3 is 20.3 Å². The molecule has 6 nitrogen and oxygen atoms in total. The minimum atomic E-state index is -0.456. The predicted octanol–water partition coefficient (Wildman–Crippen LogP) is 3.74. The SMILES string of the molecule is CN(C)CCOc1ccc(Cl)cc1NC(=O)Nc1cccc(C=O)c1. The minimum Gasteiger partial charge on any atom is -0.490 e. The number of carbonyl (C=O) groups is 2. The second-order valence-corrected chi connectivity index (χ2v) is 6.05. The Morgan fingerprint density at radius 2 is 2.00 bits per heavy atom. The summed E-state index contributed by atoms with van der Waals surface area (Å²) < 4.78 is 5.70. The second kappa shape index (κ2) is 9.05. The highest BCUT2D eigenvalue weighted by molar-refractivity contribution is 6.31. The van der Waals surface area contributed by atoms with E-state index in [1.807, 2.05) is 19.0 Å². The lowest BCUT2D eigenvalue weighted by Gasteiger charge is -2.15. The summed E-state index contributed by atoms with van der Waals surface area (Å²) in [7, 11) is 3.90. The number of likely N-dealkylation sites (N-methyl/N-ethyl adjacent to an activating group) is 1. The Hall–Kier alpha value is -2.57. The van der Waals surface area contributed by atoms with Crippen molar-refractivity contribution >= 4 is 35.3 Å². The van der Waals surface area contributed by atoms with Gasteiger partial charge in [0.05, 0.1) is 5.69 Å². The molecule has 2 aromatic carbocycles. The molecule has 2 N–H and O–H groups in total. The van der Waals surface area contributed by atoms with Gasteiger partial charge in [0.25, 0.3) is 0 Å². The molecule has 0 fully saturated rings. The minimum absolute atomic E-state index is 0.456. The first-order valence-corrected chi connectivity index (χ1v) is 8.06. The number of halogens is 1. The molecule has 0 aliphatic carbocycles. The maximum atomic E-state index is 12.2. The lowest BCUT2D eigenvalue weighted by atomic mass is 10.2. The van der Waals surface area contributed by atoms with E-state index in [4.69, 9.17) is 16.3 Å². The molecule has 0 aromatic heterocycles. The number of aldehydes is 1. The van der Waals surface area contributed by atoms with Crippen molar-refractivity contribution in [1.29, 1.82) is 0 Å². The molecule has 0 heterocycles. The normalized spacial score (nSPS) is 10.4. The van der Waals surface area contributed by atoms with Gasteiger partial charge in [0, 0.05) is 22.8 Å². The van der Waals surface area contributed by atoms with Crippen LogP contribution >= 0.6 is 11.6 Å². The molecule has 0 bridgehead atoms. The number of urea groups is 1. The van der Waals surface area contributed by atoms with E-state index in [1.165, 1.54) is 0 Å². The predicted molar refractivity (Wildman–Crippen MR) is 100.0 cm³/mol. The van der Waals surface area contributed by atoms with E-state index in [1.54, 1.807) is 42.5 Å². The molecule has 0 atom stereocenters. The highest BCUT2D eigenvalue weighted by Crippen LogP contribution is 2.28. The number of amides is 2. The third-order valence-corrected chi connectivity index (χ3v) is 3.50. The van der Waals surface area contributed by atoms with Crippen LogP contribution in [0.4, 0.5) is 16.2 Å². The number of hydrogen-bond acceptors (Lipinski definition) is 4. The number of nitrogens with zero attached hydrogens (tertiary/aromatic N) is 1. The van der Waals surface area contributed by atoms with E-state index in [0.29, 0.717) is 34.3 Å². The van der Waals surface area contributed by atoms with Gasteiger partial charge in [-0.25, -0.2) is 4.79 Å². The van der Waals surface area contributed by atoms with Crippen LogP contribution in [0.15, 0.2) is 42.5 Å². The van der Waals surface area contributed by atoms with E-state index in [-0.39, 0.29) is 0 Å². The largest absolute Gasteiger partial charge is 0.490 e. The van der Waals surface area contributed by atoms with Crippen molar-refractivity contribution in [2.24, 2.45) is 0 Å². The Labute approximate surface area is 151 Å². The number of ether oxygens (including phenoxy) is 1. The van der Waals surface area contributed by atoms with Gasteiger partial charge in [-0.3, -0.25) is 4.79 Å². The van der Waals surface area contributed by atoms with E-state index in [2.05, 4.69) is 10.6 Å². The maximum Gasteiger partial charge on any atom is 0.323 e. The van der Waals surface area contributed by atoms with Gasteiger partial charge in [0.15, 0.2) is 0 Å². The molecule has 2 rings (SSSR count). The molecule has 7 heteroatoms. The molecule has 0 unspecified atom stereocenters. The fraction of sp³-hybridized carbons (Fsp3) is 0.222. The van der Waals surface area contributed by atoms with Crippen LogP contribution in [0.1, 0.15) is 10.4 Å². The number of hydrogen-bond donors (Lipinski definition) is 2. The second-order valence-electron chi connectivity index (χ2n) is 5.61. The van der Waals surface area contributed by atoms with Crippen molar-refractivity contribution < 1.29 is 14.3 Å². The third kappa shape index (κ3) is 6.10. The van der Waals surface area contributed by atoms with Crippen molar-refractivity contribution in [2.45, 2.75) is 0 Å². The molecule has 2 aromatic rings. The van der Waals surface area contributed by atoms with E-state index in [0.717, 1.165) is 12.8 Å². The van der Waals surface area contributed by atoms with Crippen LogP contribution in [0.3, 0.4) is 0 Å². The fourth-order valence-corrected chi connectivity index (χ4v) is 2.21. The molecular formula is C18H20ClN3O3. The number of rotatable bonds is 7. The Balaban J connectivity index is 2.05. The average Bonchev–Trinajstić information content (AvgIpc) is 2.56. The van der Waals surface area contributed by atoms with Gasteiger partial charge in [-0.1, -0.05) is 23.7 Å². The Kier molecular flexibility index (Phi) is 6.80. The van der Waals surface area contributed by atoms with Crippen LogP contribution in [0.5, 0.6) is 5.75 Å². The summed E-state index contributed by atoms with van der Waals surface area (Å²) in [4.78, 5) is 25.0. The lowest BCUT2D eigenvalue weighted by Crippen LogP contribution is -2.22. The molecule has 132 valence electrons. The van der Waals surface area contributed by atoms with Gasteiger partial charge >= 0.3 is 6.03 Å². The van der Waals surface area contributed by atoms with Crippen molar-refractivity contribution in [3.63, 3.8) is 0 Å². The summed E-state index contributed by atoms with van der Waals surface area (Å²) >= 11 is 6.01. The van der Waals surface area contributed by atoms with Gasteiger partial charge in [-0.2, -0.15) is 0 Å². The van der Waals surface area contributed by atoms with Crippen LogP contribution in [0.25, 0.3) is 0 Å². The van der Waals surface area contributed by atoms with Crippen LogP contribution in [-0.2, 0) is 0 Å². The third-order valence-electron chi connectivity index (χ3n) is 3.27. The van der Waals surface area contributed by atoms with Crippen molar-refractivity contribution in [2.75, 3.05) is 37.9 Å². The summed E-state index contributed by atoms with van der Waals surface area (Å²) in [6.45, 7) is 1.22. The molecule has 25 heavy (non-hydrogen) atoms. The zero-order valence-electron chi connectivity index (χ0n) is 14.1. The molecule has 0 radical (unpaired) electrons. The molecule has 0 spiro atoms. The first-order valence-electron chi connectivity index (χ1n) is 7.68. The average molecular weight is 362 g/mol. The topological polar surface area (TPSA) is 70.7 Å². The Morgan fingerprint density at radius 3 is 2.72 bits per heavy atom. The highest BCUT2D eigenvalue weighted by atomic mass is 35.5. The first kappa shape index (κ1) is 18.8. The van der Waals surface area contributed by atoms with Crippen LogP contribution in [0, 0.1) is 0 Å². The molecular weight excluding hydrogens is 342 g/mol. The summed E-state index contributed by atoms with van der Waals surface area (Å²) in [6.07, 6.45) is 0.719. The number of benzene rings is 2. The van der Waals surface area contributed by atoms with Gasteiger partial charge in [0.2, 0.25) is 0 Å². The van der Waals surface area contributed by atoms with Crippen LogP contribution in [-0.4, -0.2) is 44.5 Å². The van der Waals surface area contributed by atoms with Crippen molar-refractivity contribution in [1.82, 2.24) is 4.90 Å². The number of nitrogens with one attached hydrogen (secondary N) is 2. The van der Waals surface area contributed by atoms with Gasteiger partial charge in [-0.15, -0.1) is 0 Å². The van der Waals surface area contributed by atoms with E-state index >= 15 is 0 Å². The standard InChI is InChI=1S/C18H20ClN3O3/c1-22(2)8-9-25-17-7-6-14(19)11-16(17)21-18(24)20-15-5-3-4-13(10-15)12-23/h3-7,10-12H,8-9H2,1-2H3,(H2,20,21,24). The lowest BCUT2D eigenvalue weighted by molar-refractivity contribution is 0.112. The van der Waals surface area contributed by atoms with Gasteiger partial charge in [-0.05, 0) is 44.4 Å². The maximum absolute atomic E-state index is 12.2. The first-order chi connectivity index (χ1) is 12.0. The quantitative estimate of drug-likeness (QED) is 0.737. The zero-order chi connectivity index (χ0) is 18.2. The highest BCUT2D eigenvalue weighted by Gasteiger charge is 2.10. The number of carbonyl (C=O) groups excluding carboxylic acids is 2.